The normalized spacial score (nSPS) is 11.1. The number of rotatable bonds is 3. The van der Waals surface area contributed by atoms with Crippen LogP contribution in [-0.4, -0.2) is 41.0 Å². The van der Waals surface area contributed by atoms with Crippen LogP contribution in [0.1, 0.15) is 48.9 Å². The number of carbonyl (C=O) groups is 2. The number of hydrogen-bond acceptors (Lipinski definition) is 2. The summed E-state index contributed by atoms with van der Waals surface area (Å²) >= 11 is 0. The van der Waals surface area contributed by atoms with Gasteiger partial charge in [-0.2, -0.15) is 0 Å². The molecule has 0 aliphatic heterocycles. The van der Waals surface area contributed by atoms with Crippen LogP contribution in [0.3, 0.4) is 0 Å². The molecule has 0 atom stereocenters. The Kier molecular flexibility index (Phi) is 6.07. The second kappa shape index (κ2) is 6.47. The molecule has 0 aromatic heterocycles. The van der Waals surface area contributed by atoms with Gasteiger partial charge in [0.2, 0.25) is 0 Å². The summed E-state index contributed by atoms with van der Waals surface area (Å²) in [5, 5.41) is 18.1. The van der Waals surface area contributed by atoms with Crippen molar-refractivity contribution >= 4 is 30.8 Å². The predicted octanol–water partition coefficient (Wildman–Crippen LogP) is 2.21. The second-order valence-corrected chi connectivity index (χ2v) is 5.89. The first kappa shape index (κ1) is 18.8. The van der Waals surface area contributed by atoms with Gasteiger partial charge in [0, 0.05) is 0 Å². The molecule has 0 fully saturated rings. The Balaban J connectivity index is 0.00000361. The minimum atomic E-state index is -1.51. The van der Waals surface area contributed by atoms with Crippen molar-refractivity contribution in [2.75, 3.05) is 0 Å². The van der Waals surface area contributed by atoms with Gasteiger partial charge in [-0.1, -0.05) is 32.9 Å². The fraction of sp³-hybridized carbons (Fsp3) is 0.467. The average molecular weight is 272 g/mol. The molecule has 1 aromatic rings. The maximum atomic E-state index is 11.1. The minimum absolute atomic E-state index is 0. The van der Waals surface area contributed by atoms with Gasteiger partial charge in [0.25, 0.3) is 0 Å². The molecule has 0 bridgehead atoms. The molecule has 0 aliphatic rings. The van der Waals surface area contributed by atoms with Gasteiger partial charge < -0.3 is 10.2 Å². The van der Waals surface area contributed by atoms with Gasteiger partial charge >= 0.3 is 30.8 Å². The number of aliphatic carboxylic acids is 2. The summed E-state index contributed by atoms with van der Waals surface area (Å²) in [6.07, 6.45) is 0. The van der Waals surface area contributed by atoms with Crippen LogP contribution in [0, 0.1) is 13.8 Å². The van der Waals surface area contributed by atoms with Crippen molar-refractivity contribution in [1.29, 1.82) is 0 Å². The molecule has 0 saturated heterocycles. The van der Waals surface area contributed by atoms with E-state index in [0.717, 1.165) is 16.7 Å². The van der Waals surface area contributed by atoms with E-state index in [1.54, 1.807) is 12.1 Å². The zero-order valence-corrected chi connectivity index (χ0v) is 11.9. The first-order chi connectivity index (χ1) is 8.55. The van der Waals surface area contributed by atoms with Crippen LogP contribution < -0.4 is 0 Å². The van der Waals surface area contributed by atoms with E-state index in [2.05, 4.69) is 20.8 Å². The van der Waals surface area contributed by atoms with Crippen molar-refractivity contribution in [2.45, 2.75) is 46.0 Å². The van der Waals surface area contributed by atoms with Crippen molar-refractivity contribution in [3.8, 4) is 0 Å². The zero-order chi connectivity index (χ0) is 15.0. The third kappa shape index (κ3) is 3.88. The van der Waals surface area contributed by atoms with Gasteiger partial charge in [-0.05, 0) is 41.5 Å². The third-order valence-electron chi connectivity index (χ3n) is 3.13. The summed E-state index contributed by atoms with van der Waals surface area (Å²) < 4.78 is 0. The van der Waals surface area contributed by atoms with Crippen LogP contribution >= 0.6 is 0 Å². The van der Waals surface area contributed by atoms with E-state index < -0.39 is 17.9 Å². The van der Waals surface area contributed by atoms with Crippen molar-refractivity contribution in [3.05, 3.63) is 34.4 Å². The van der Waals surface area contributed by atoms with Gasteiger partial charge in [-0.3, -0.25) is 9.59 Å². The summed E-state index contributed by atoms with van der Waals surface area (Å²) in [5.74, 6) is -4.18. The molecule has 4 nitrogen and oxygen atoms in total. The summed E-state index contributed by atoms with van der Waals surface area (Å²) in [4.78, 5) is 22.1. The zero-order valence-electron chi connectivity index (χ0n) is 11.9. The quantitative estimate of drug-likeness (QED) is 0.653. The predicted molar refractivity (Wildman–Crippen MR) is 79.8 cm³/mol. The molecule has 5 heteroatoms. The number of hydrogen-bond donors (Lipinski definition) is 2. The second-order valence-electron chi connectivity index (χ2n) is 5.89. The first-order valence-electron chi connectivity index (χ1n) is 6.13. The first-order valence-corrected chi connectivity index (χ1v) is 6.13. The van der Waals surface area contributed by atoms with E-state index in [-0.39, 0.29) is 24.3 Å². The van der Waals surface area contributed by atoms with Gasteiger partial charge in [0.15, 0.2) is 5.92 Å². The van der Waals surface area contributed by atoms with Gasteiger partial charge in [-0.15, -0.1) is 0 Å². The van der Waals surface area contributed by atoms with Crippen LogP contribution in [0.2, 0.25) is 0 Å². The maximum absolute atomic E-state index is 11.1. The van der Waals surface area contributed by atoms with Crippen LogP contribution in [0.4, 0.5) is 0 Å². The molecule has 1 rings (SSSR count). The van der Waals surface area contributed by atoms with E-state index >= 15 is 0 Å². The van der Waals surface area contributed by atoms with Crippen LogP contribution in [0.15, 0.2) is 12.1 Å². The van der Waals surface area contributed by atoms with Crippen LogP contribution in [0.25, 0.3) is 0 Å². The average Bonchev–Trinajstić information content (AvgIpc) is 2.11. The topological polar surface area (TPSA) is 74.6 Å². The van der Waals surface area contributed by atoms with E-state index in [9.17, 15) is 9.59 Å². The molecule has 106 valence electrons. The molecular weight excluding hydrogens is 251 g/mol. The fourth-order valence-electron chi connectivity index (χ4n) is 2.74. The number of aryl methyl sites for hydroxylation is 2. The number of carboxylic acids is 2. The van der Waals surface area contributed by atoms with Gasteiger partial charge in [0.05, 0.1) is 0 Å². The summed E-state index contributed by atoms with van der Waals surface area (Å²) in [6, 6.07) is 3.33. The van der Waals surface area contributed by atoms with Crippen LogP contribution in [0.5, 0.6) is 0 Å². The van der Waals surface area contributed by atoms with E-state index in [1.807, 2.05) is 13.8 Å². The Morgan fingerprint density at radius 2 is 1.35 bits per heavy atom. The Morgan fingerprint density at radius 3 is 1.60 bits per heavy atom. The number of benzene rings is 1. The van der Waals surface area contributed by atoms with E-state index in [4.69, 9.17) is 10.2 Å². The summed E-state index contributed by atoms with van der Waals surface area (Å²) in [6.45, 7) is 10.0. The molecule has 2 N–H and O–H groups in total. The Morgan fingerprint density at radius 1 is 1.00 bits per heavy atom. The van der Waals surface area contributed by atoms with Crippen LogP contribution in [-0.2, 0) is 15.0 Å². The molecule has 0 saturated carbocycles. The summed E-state index contributed by atoms with van der Waals surface area (Å²) in [7, 11) is 0. The summed E-state index contributed by atoms with van der Waals surface area (Å²) in [5.41, 5.74) is 3.24. The molecule has 0 heterocycles. The molecule has 0 radical (unpaired) electrons. The van der Waals surface area contributed by atoms with Crippen molar-refractivity contribution in [3.63, 3.8) is 0 Å². The van der Waals surface area contributed by atoms with Crippen molar-refractivity contribution in [1.82, 2.24) is 0 Å². The monoisotopic (exact) mass is 272 g/mol. The van der Waals surface area contributed by atoms with E-state index in [1.165, 1.54) is 0 Å². The van der Waals surface area contributed by atoms with Crippen molar-refractivity contribution in [2.24, 2.45) is 0 Å². The van der Waals surface area contributed by atoms with Gasteiger partial charge in [-0.25, -0.2) is 0 Å². The third-order valence-corrected chi connectivity index (χ3v) is 3.13. The molecule has 1 aromatic carbocycles. The molecule has 0 amide bonds. The SMILES string of the molecule is Cc1cc(C(C(=O)O)C(=O)O)cc(C)c1C(C)(C)C.[LiH]. The molecule has 0 unspecified atom stereocenters. The Bertz CT molecular complexity index is 492. The van der Waals surface area contributed by atoms with E-state index in [0.29, 0.717) is 5.56 Å². The Labute approximate surface area is 131 Å². The molecule has 0 aliphatic carbocycles. The molecule has 20 heavy (non-hydrogen) atoms. The molecular formula is C15H21LiO4. The standard InChI is InChI=1S/C15H20O4.Li.H/c1-8-6-10(11(13(16)17)14(18)19)7-9(2)12(8)15(3,4)5;;/h6-7,11H,1-5H3,(H,16,17)(H,18,19);;. The fourth-order valence-corrected chi connectivity index (χ4v) is 2.74. The Hall–Kier alpha value is -1.24. The van der Waals surface area contributed by atoms with Gasteiger partial charge in [0.1, 0.15) is 0 Å². The van der Waals surface area contributed by atoms with Crippen molar-refractivity contribution < 1.29 is 19.8 Å². The molecule has 0 spiro atoms. The number of carboxylic acid groups (broad SMARTS) is 2.